The maximum Gasteiger partial charge on any atom is 0.407 e. The number of aliphatic carboxylic acids is 1. The number of hydrogen-bond acceptors (Lipinski definition) is 11. The monoisotopic (exact) mass is 596 g/mol. The van der Waals surface area contributed by atoms with Crippen LogP contribution in [-0.4, -0.2) is 93.0 Å². The Kier molecular flexibility index (Phi) is 9.78. The molecule has 2 aliphatic rings. The predicted molar refractivity (Wildman–Crippen MR) is 148 cm³/mol. The van der Waals surface area contributed by atoms with E-state index in [-0.39, 0.29) is 35.4 Å². The van der Waals surface area contributed by atoms with Crippen LogP contribution in [0.5, 0.6) is 0 Å². The number of carbonyl (C=O) groups excluding carboxylic acids is 4. The van der Waals surface area contributed by atoms with Crippen molar-refractivity contribution in [3.8, 4) is 0 Å². The molecule has 3 heterocycles. The number of aromatic nitrogens is 1. The normalized spacial score (nSPS) is 23.1. The van der Waals surface area contributed by atoms with Crippen LogP contribution < -0.4 is 16.0 Å². The molecule has 4 amide bonds. The number of carboxylic acids is 1. The molecule has 40 heavy (non-hydrogen) atoms. The minimum absolute atomic E-state index is 0.0439. The van der Waals surface area contributed by atoms with Crippen LogP contribution in [0.15, 0.2) is 23.2 Å². The van der Waals surface area contributed by atoms with E-state index in [0.29, 0.717) is 12.8 Å². The van der Waals surface area contributed by atoms with Crippen molar-refractivity contribution in [3.63, 3.8) is 0 Å². The predicted octanol–water partition coefficient (Wildman–Crippen LogP) is 1.39. The van der Waals surface area contributed by atoms with Crippen molar-refractivity contribution in [3.05, 3.63) is 23.7 Å². The van der Waals surface area contributed by atoms with Gasteiger partial charge in [0.25, 0.3) is 5.91 Å². The van der Waals surface area contributed by atoms with Crippen molar-refractivity contribution in [2.75, 3.05) is 24.2 Å². The number of oxime groups is 1. The van der Waals surface area contributed by atoms with E-state index >= 15 is 0 Å². The van der Waals surface area contributed by atoms with Gasteiger partial charge in [0.2, 0.25) is 12.3 Å². The first kappa shape index (κ1) is 30.9. The number of alkyl carbamates (subject to hydrolysis) is 1. The Balaban J connectivity index is 1.73. The number of amides is 4. The van der Waals surface area contributed by atoms with Crippen LogP contribution in [0.25, 0.3) is 0 Å². The second-order valence-electron chi connectivity index (χ2n) is 10.0. The van der Waals surface area contributed by atoms with Gasteiger partial charge in [-0.1, -0.05) is 18.2 Å². The number of hydrogen-bond donors (Lipinski definition) is 4. The van der Waals surface area contributed by atoms with Crippen LogP contribution >= 0.6 is 23.1 Å². The molecule has 14 nitrogen and oxygen atoms in total. The van der Waals surface area contributed by atoms with Crippen molar-refractivity contribution in [2.45, 2.75) is 57.2 Å². The van der Waals surface area contributed by atoms with E-state index in [1.54, 1.807) is 27.7 Å². The number of rotatable bonds is 12. The quantitative estimate of drug-likeness (QED) is 0.0902. The fourth-order valence-corrected chi connectivity index (χ4v) is 5.93. The molecule has 2 aliphatic heterocycles. The van der Waals surface area contributed by atoms with Gasteiger partial charge < -0.3 is 35.5 Å². The molecular weight excluding hydrogens is 564 g/mol. The third-order valence-corrected chi connectivity index (χ3v) is 8.30. The second-order valence-corrected chi connectivity index (χ2v) is 12.0. The lowest BCUT2D eigenvalue weighted by Gasteiger charge is -2.53. The first-order chi connectivity index (χ1) is 18.8. The first-order valence-electron chi connectivity index (χ1n) is 12.3. The zero-order chi connectivity index (χ0) is 29.7. The van der Waals surface area contributed by atoms with Crippen LogP contribution in [0.1, 0.15) is 39.8 Å². The van der Waals surface area contributed by atoms with E-state index in [1.165, 1.54) is 28.1 Å². The highest BCUT2D eigenvalue weighted by molar-refractivity contribution is 8.00. The molecule has 218 valence electrons. The summed E-state index contributed by atoms with van der Waals surface area (Å²) in [6, 6.07) is -0.915. The van der Waals surface area contributed by atoms with Crippen LogP contribution in [0, 0.1) is 5.41 Å². The highest BCUT2D eigenvalue weighted by Crippen LogP contribution is 2.42. The number of thioether (sulfide) groups is 1. The molecule has 4 atom stereocenters. The van der Waals surface area contributed by atoms with Gasteiger partial charge in [0.1, 0.15) is 34.2 Å². The maximum atomic E-state index is 13.3. The molecule has 0 aliphatic carbocycles. The highest BCUT2D eigenvalue weighted by Gasteiger charge is 2.56. The van der Waals surface area contributed by atoms with Gasteiger partial charge in [0.05, 0.1) is 6.54 Å². The molecular formula is C24H32N6O8S2. The number of anilines is 1. The van der Waals surface area contributed by atoms with Gasteiger partial charge in [0.15, 0.2) is 10.8 Å². The number of nitrogens with one attached hydrogen (secondary N) is 3. The molecule has 0 bridgehead atoms. The van der Waals surface area contributed by atoms with Crippen molar-refractivity contribution >= 4 is 64.2 Å². The number of thiazole rings is 1. The van der Waals surface area contributed by atoms with Crippen LogP contribution in [-0.2, 0) is 28.8 Å². The Morgan fingerprint density at radius 2 is 2.12 bits per heavy atom. The smallest absolute Gasteiger partial charge is 0.407 e. The Morgan fingerprint density at radius 1 is 1.40 bits per heavy atom. The standard InChI is InChI=1S/C24H32N6O8S2/c1-6-13(8-25-22(36)37-23(3,4)5)38-29-15(14-9-39-21(27-14)26-12-31)17(32)28-16-18(33)30-10-24(7-2,20(34)35)11-40-19(16)30/h7,9,12-13,16,19H,2,6,8,10-11H2,1,3-5H3,(H,25,36)(H,28,32)(H,34,35)(H,26,27,31)/t13?,16?,19-,24?/m1/s1. The lowest BCUT2D eigenvalue weighted by molar-refractivity contribution is -0.156. The van der Waals surface area contributed by atoms with Gasteiger partial charge in [-0.2, -0.15) is 0 Å². The van der Waals surface area contributed by atoms with Crippen molar-refractivity contribution < 1.29 is 38.7 Å². The van der Waals surface area contributed by atoms with E-state index in [1.807, 2.05) is 0 Å². The fourth-order valence-electron chi connectivity index (χ4n) is 3.74. The van der Waals surface area contributed by atoms with E-state index in [2.05, 4.69) is 32.7 Å². The van der Waals surface area contributed by atoms with E-state index < -0.39 is 52.4 Å². The van der Waals surface area contributed by atoms with E-state index in [0.717, 1.165) is 11.3 Å². The number of β-lactam (4-membered cyclic amide) rings is 1. The Bertz CT molecular complexity index is 1200. The molecule has 1 aromatic heterocycles. The summed E-state index contributed by atoms with van der Waals surface area (Å²) in [5.41, 5.74) is -2.10. The average molecular weight is 597 g/mol. The summed E-state index contributed by atoms with van der Waals surface area (Å²) in [6.07, 6.45) is 0.927. The zero-order valence-corrected chi connectivity index (χ0v) is 24.1. The zero-order valence-electron chi connectivity index (χ0n) is 22.5. The van der Waals surface area contributed by atoms with Crippen molar-refractivity contribution in [2.24, 2.45) is 10.6 Å². The summed E-state index contributed by atoms with van der Waals surface area (Å²) < 4.78 is 5.22. The maximum absolute atomic E-state index is 13.3. The number of nitrogens with zero attached hydrogens (tertiary/aromatic N) is 3. The van der Waals surface area contributed by atoms with E-state index in [9.17, 15) is 29.1 Å². The molecule has 2 fully saturated rings. The molecule has 0 radical (unpaired) electrons. The molecule has 16 heteroatoms. The lowest BCUT2D eigenvalue weighted by Crippen LogP contribution is -2.73. The van der Waals surface area contributed by atoms with Gasteiger partial charge in [-0.3, -0.25) is 19.2 Å². The molecule has 2 saturated heterocycles. The Morgan fingerprint density at radius 3 is 2.73 bits per heavy atom. The molecule has 3 unspecified atom stereocenters. The lowest BCUT2D eigenvalue weighted by atomic mass is 9.87. The molecule has 0 saturated carbocycles. The van der Waals surface area contributed by atoms with Gasteiger partial charge >= 0.3 is 12.1 Å². The SMILES string of the molecule is C=CC1(C(=O)O)CS[C@@H]2C(NC(=O)C(=NOC(CC)CNC(=O)OC(C)(C)C)c3csc(NC=O)n3)C(=O)N2C1. The summed E-state index contributed by atoms with van der Waals surface area (Å²) in [6.45, 7) is 10.6. The highest BCUT2D eigenvalue weighted by atomic mass is 32.2. The number of carboxylic acid groups (broad SMARTS) is 1. The number of ether oxygens (including phenoxy) is 1. The first-order valence-corrected chi connectivity index (χ1v) is 14.2. The summed E-state index contributed by atoms with van der Waals surface area (Å²) >= 11 is 2.29. The summed E-state index contributed by atoms with van der Waals surface area (Å²) in [5.74, 6) is -2.08. The summed E-state index contributed by atoms with van der Waals surface area (Å²) in [7, 11) is 0. The van der Waals surface area contributed by atoms with Gasteiger partial charge in [-0.05, 0) is 27.2 Å². The van der Waals surface area contributed by atoms with Crippen molar-refractivity contribution in [1.82, 2.24) is 20.5 Å². The Labute approximate surface area is 238 Å². The molecule has 3 rings (SSSR count). The van der Waals surface area contributed by atoms with Crippen LogP contribution in [0.2, 0.25) is 0 Å². The Hall–Kier alpha value is -3.66. The topological polar surface area (TPSA) is 189 Å². The fraction of sp³-hybridized carbons (Fsp3) is 0.542. The summed E-state index contributed by atoms with van der Waals surface area (Å²) in [5, 5.41) is 22.5. The number of carbonyl (C=O) groups is 5. The second kappa shape index (κ2) is 12.7. The largest absolute Gasteiger partial charge is 0.481 e. The molecule has 1 aromatic rings. The number of fused-ring (bicyclic) bond motifs is 1. The third kappa shape index (κ3) is 7.10. The molecule has 0 aromatic carbocycles. The average Bonchev–Trinajstić information content (AvgIpc) is 3.35. The van der Waals surface area contributed by atoms with Gasteiger partial charge in [0, 0.05) is 17.7 Å². The minimum atomic E-state index is -1.27. The minimum Gasteiger partial charge on any atom is -0.481 e. The molecule has 4 N–H and O–H groups in total. The molecule has 0 spiro atoms. The van der Waals surface area contributed by atoms with Gasteiger partial charge in [-0.15, -0.1) is 29.7 Å². The van der Waals surface area contributed by atoms with Crippen molar-refractivity contribution in [1.29, 1.82) is 0 Å². The van der Waals surface area contributed by atoms with Crippen LogP contribution in [0.4, 0.5) is 9.93 Å². The van der Waals surface area contributed by atoms with Gasteiger partial charge in [-0.25, -0.2) is 9.78 Å². The van der Waals surface area contributed by atoms with Crippen LogP contribution in [0.3, 0.4) is 0 Å². The van der Waals surface area contributed by atoms with E-state index in [4.69, 9.17) is 9.57 Å². The third-order valence-electron chi connectivity index (χ3n) is 5.97. The summed E-state index contributed by atoms with van der Waals surface area (Å²) in [4.78, 5) is 71.9.